The topological polar surface area (TPSA) is 134 Å². The van der Waals surface area contributed by atoms with Crippen LogP contribution in [-0.4, -0.2) is 49.3 Å². The Hall–Kier alpha value is -4.11. The van der Waals surface area contributed by atoms with Gasteiger partial charge in [-0.2, -0.15) is 0 Å². The maximum absolute atomic E-state index is 12.7. The lowest BCUT2D eigenvalue weighted by atomic mass is 10.0. The molecular weight excluding hydrogens is 1030 g/mol. The minimum Gasteiger partial charge on any atom is -0.462 e. The van der Waals surface area contributed by atoms with Gasteiger partial charge in [-0.05, 0) is 103 Å². The monoisotopic (exact) mass is 1140 g/mol. The number of phosphoric acid groups is 1. The molecule has 0 aromatic heterocycles. The van der Waals surface area contributed by atoms with Crippen LogP contribution in [0.2, 0.25) is 0 Å². The summed E-state index contributed by atoms with van der Waals surface area (Å²) in [5.41, 5.74) is 5.38. The van der Waals surface area contributed by atoms with Gasteiger partial charge in [0, 0.05) is 19.4 Å². The molecule has 2 atom stereocenters. The SMILES string of the molecule is CC/C=C\C/C=C\C/C=C\C/C=C\C/C=C\C/C=C\C/C=C\C/C=C\C/C=C\C/C=C\C/C=C\C/C=C\CCCCCCC(=O)OC(COC(=O)CCCCCCCCCCCCCCCCCCCCC)COP(=O)(O)OCCN. The van der Waals surface area contributed by atoms with Gasteiger partial charge in [0.15, 0.2) is 6.10 Å². The molecule has 2 unspecified atom stereocenters. The number of ether oxygens (including phenoxy) is 2. The summed E-state index contributed by atoms with van der Waals surface area (Å²) >= 11 is 0. The van der Waals surface area contributed by atoms with Gasteiger partial charge >= 0.3 is 19.8 Å². The summed E-state index contributed by atoms with van der Waals surface area (Å²) < 4.78 is 33.0. The smallest absolute Gasteiger partial charge is 0.462 e. The number of carbonyl (C=O) groups is 2. The van der Waals surface area contributed by atoms with E-state index in [1.807, 2.05) is 0 Å². The first-order valence-corrected chi connectivity index (χ1v) is 33.8. The number of nitrogens with two attached hydrogens (primary N) is 1. The number of hydrogen-bond donors (Lipinski definition) is 2. The molecule has 0 fully saturated rings. The van der Waals surface area contributed by atoms with Gasteiger partial charge in [-0.3, -0.25) is 18.6 Å². The third-order valence-electron chi connectivity index (χ3n) is 13.2. The largest absolute Gasteiger partial charge is 0.472 e. The summed E-state index contributed by atoms with van der Waals surface area (Å²) in [7, 11) is -4.40. The summed E-state index contributed by atoms with van der Waals surface area (Å²) in [6, 6.07) is 0. The van der Waals surface area contributed by atoms with Gasteiger partial charge in [-0.15, -0.1) is 0 Å². The lowest BCUT2D eigenvalue weighted by Crippen LogP contribution is -2.29. The van der Waals surface area contributed by atoms with Gasteiger partial charge in [0.05, 0.1) is 13.2 Å². The van der Waals surface area contributed by atoms with E-state index in [1.54, 1.807) is 0 Å². The van der Waals surface area contributed by atoms with Crippen LogP contribution in [-0.2, 0) is 32.7 Å². The highest BCUT2D eigenvalue weighted by Gasteiger charge is 2.26. The van der Waals surface area contributed by atoms with Crippen molar-refractivity contribution in [3.05, 3.63) is 146 Å². The summed E-state index contributed by atoms with van der Waals surface area (Å²) in [5, 5.41) is 0. The zero-order chi connectivity index (χ0) is 58.7. The van der Waals surface area contributed by atoms with Gasteiger partial charge in [0.2, 0.25) is 0 Å². The van der Waals surface area contributed by atoms with Gasteiger partial charge in [-0.25, -0.2) is 4.57 Å². The second kappa shape index (κ2) is 65.0. The average molecular weight is 1140 g/mol. The average Bonchev–Trinajstić information content (AvgIpc) is 3.46. The Morgan fingerprint density at radius 1 is 0.383 bits per heavy atom. The summed E-state index contributed by atoms with van der Waals surface area (Å²) in [4.78, 5) is 35.2. The van der Waals surface area contributed by atoms with Crippen LogP contribution in [0.25, 0.3) is 0 Å². The first-order chi connectivity index (χ1) is 39.8. The number of allylic oxidation sites excluding steroid dienone is 24. The molecule has 0 heterocycles. The first-order valence-electron chi connectivity index (χ1n) is 32.3. The summed E-state index contributed by atoms with van der Waals surface area (Å²) in [5.74, 6) is -0.859. The molecular formula is C71H118NO8P. The predicted molar refractivity (Wildman–Crippen MR) is 348 cm³/mol. The van der Waals surface area contributed by atoms with Crippen LogP contribution in [0.3, 0.4) is 0 Å². The number of rotatable bonds is 59. The van der Waals surface area contributed by atoms with Crippen molar-refractivity contribution in [2.45, 2.75) is 264 Å². The Labute approximate surface area is 496 Å². The van der Waals surface area contributed by atoms with Crippen LogP contribution in [0.1, 0.15) is 258 Å². The van der Waals surface area contributed by atoms with Crippen molar-refractivity contribution in [2.24, 2.45) is 5.73 Å². The number of carbonyl (C=O) groups excluding carboxylic acids is 2. The molecule has 0 radical (unpaired) electrons. The number of phosphoric ester groups is 1. The quantitative estimate of drug-likeness (QED) is 0.0264. The van der Waals surface area contributed by atoms with Gasteiger partial charge in [-0.1, -0.05) is 288 Å². The summed E-state index contributed by atoms with van der Waals surface area (Å²) in [6.07, 6.45) is 93.5. The Kier molecular flexibility index (Phi) is 61.7. The normalized spacial score (nSPS) is 14.0. The molecule has 0 aliphatic heterocycles. The fraction of sp³-hybridized carbons (Fsp3) is 0.634. The lowest BCUT2D eigenvalue weighted by Gasteiger charge is -2.19. The molecule has 0 rings (SSSR count). The molecule has 3 N–H and O–H groups in total. The van der Waals surface area contributed by atoms with Crippen LogP contribution >= 0.6 is 7.82 Å². The molecule has 0 aromatic rings. The molecule has 9 nitrogen and oxygen atoms in total. The molecule has 10 heteroatoms. The molecule has 0 aliphatic rings. The molecule has 0 amide bonds. The predicted octanol–water partition coefficient (Wildman–Crippen LogP) is 21.1. The van der Waals surface area contributed by atoms with Gasteiger partial charge in [0.25, 0.3) is 0 Å². The number of hydrogen-bond acceptors (Lipinski definition) is 8. The fourth-order valence-electron chi connectivity index (χ4n) is 8.50. The molecule has 460 valence electrons. The van der Waals surface area contributed by atoms with Crippen LogP contribution in [0.4, 0.5) is 0 Å². The number of unbranched alkanes of at least 4 members (excludes halogenated alkanes) is 22. The maximum Gasteiger partial charge on any atom is 0.472 e. The molecule has 0 spiro atoms. The highest BCUT2D eigenvalue weighted by Crippen LogP contribution is 2.43. The van der Waals surface area contributed by atoms with E-state index < -0.39 is 26.5 Å². The van der Waals surface area contributed by atoms with E-state index in [0.29, 0.717) is 6.42 Å². The highest BCUT2D eigenvalue weighted by atomic mass is 31.2. The number of esters is 2. The van der Waals surface area contributed by atoms with Crippen molar-refractivity contribution in [1.29, 1.82) is 0 Å². The second-order valence-corrected chi connectivity index (χ2v) is 22.4. The lowest BCUT2D eigenvalue weighted by molar-refractivity contribution is -0.161. The molecule has 0 saturated carbocycles. The first kappa shape index (κ1) is 76.9. The van der Waals surface area contributed by atoms with E-state index in [0.717, 1.165) is 122 Å². The zero-order valence-corrected chi connectivity index (χ0v) is 52.4. The van der Waals surface area contributed by atoms with Gasteiger partial charge < -0.3 is 20.1 Å². The van der Waals surface area contributed by atoms with Gasteiger partial charge in [0.1, 0.15) is 6.61 Å². The van der Waals surface area contributed by atoms with Crippen LogP contribution in [0.15, 0.2) is 146 Å². The van der Waals surface area contributed by atoms with Crippen molar-refractivity contribution in [3.63, 3.8) is 0 Å². The Morgan fingerprint density at radius 3 is 1.01 bits per heavy atom. The minimum atomic E-state index is -4.40. The molecule has 0 aromatic carbocycles. The van der Waals surface area contributed by atoms with E-state index in [1.165, 1.54) is 103 Å². The maximum atomic E-state index is 12.7. The van der Waals surface area contributed by atoms with Crippen LogP contribution in [0.5, 0.6) is 0 Å². The Balaban J connectivity index is 4.04. The molecule has 0 saturated heterocycles. The molecule has 81 heavy (non-hydrogen) atoms. The second-order valence-electron chi connectivity index (χ2n) is 20.9. The fourth-order valence-corrected chi connectivity index (χ4v) is 9.27. The van der Waals surface area contributed by atoms with Crippen LogP contribution < -0.4 is 5.73 Å². The Morgan fingerprint density at radius 2 is 0.679 bits per heavy atom. The van der Waals surface area contributed by atoms with Crippen molar-refractivity contribution in [2.75, 3.05) is 26.4 Å². The molecule has 0 aliphatic carbocycles. The van der Waals surface area contributed by atoms with Crippen molar-refractivity contribution in [1.82, 2.24) is 0 Å². The van der Waals surface area contributed by atoms with Crippen molar-refractivity contribution in [3.8, 4) is 0 Å². The minimum absolute atomic E-state index is 0.0431. The van der Waals surface area contributed by atoms with E-state index in [9.17, 15) is 19.0 Å². The van der Waals surface area contributed by atoms with E-state index >= 15 is 0 Å². The third-order valence-corrected chi connectivity index (χ3v) is 14.2. The van der Waals surface area contributed by atoms with Crippen molar-refractivity contribution >= 4 is 19.8 Å². The molecule has 0 bridgehead atoms. The third kappa shape index (κ3) is 64.9. The Bertz CT molecular complexity index is 1830. The van der Waals surface area contributed by atoms with E-state index in [4.69, 9.17) is 24.3 Å². The summed E-state index contributed by atoms with van der Waals surface area (Å²) in [6.45, 7) is 3.61. The zero-order valence-electron chi connectivity index (χ0n) is 51.5. The van der Waals surface area contributed by atoms with E-state index in [2.05, 4.69) is 160 Å². The van der Waals surface area contributed by atoms with Crippen molar-refractivity contribution < 1.29 is 37.6 Å². The van der Waals surface area contributed by atoms with E-state index in [-0.39, 0.29) is 38.6 Å². The standard InChI is InChI=1S/C71H118NO8P/c1-3-5-7-9-11-13-15-17-19-21-23-24-25-26-27-28-29-30-31-32-33-34-35-36-37-38-39-40-41-42-43-44-46-48-50-52-54-56-58-60-62-64-71(74)80-69(68-79-81(75,76)78-66-65-72)67-77-70(73)63-61-59-57-55-53-51-49-47-45-22-20-18-16-14-12-10-8-6-4-2/h5,7,11,13,17,19,23-24,26-27,29-30,32-33,35-36,38-39,41-42,44,46,50,52,69H,3-4,6,8-10,12,14-16,18,20-22,25,28,31,34,37,40,43,45,47-49,51,53-68,72H2,1-2H3,(H,75,76)/b7-5-,13-11-,19-17-,24-23-,27-26-,30-29-,33-32-,36-35-,39-38-,42-41-,46-44-,52-50-. The highest BCUT2D eigenvalue weighted by molar-refractivity contribution is 7.47. The van der Waals surface area contributed by atoms with Crippen LogP contribution in [0, 0.1) is 0 Å².